The van der Waals surface area contributed by atoms with Crippen LogP contribution in [-0.4, -0.2) is 11.5 Å². The molecule has 0 spiro atoms. The van der Waals surface area contributed by atoms with E-state index >= 15 is 0 Å². The van der Waals surface area contributed by atoms with Gasteiger partial charge in [0.05, 0.1) is 0 Å². The molecule has 0 amide bonds. The Morgan fingerprint density at radius 3 is 2.89 bits per heavy atom. The average molecular weight is 243 g/mol. The molecule has 0 aromatic carbocycles. The highest BCUT2D eigenvalue weighted by Crippen LogP contribution is 2.34. The van der Waals surface area contributed by atoms with E-state index < -0.39 is 0 Å². The largest absolute Gasteiger partial charge is 0.312 e. The average Bonchev–Trinajstić information content (AvgIpc) is 2.40. The van der Waals surface area contributed by atoms with Gasteiger partial charge >= 0.3 is 0 Å². The van der Waals surface area contributed by atoms with Gasteiger partial charge in [-0.2, -0.15) is 5.26 Å². The molecule has 1 aromatic heterocycles. The Kier molecular flexibility index (Phi) is 4.33. The van der Waals surface area contributed by atoms with E-state index in [9.17, 15) is 0 Å². The molecule has 0 atom stereocenters. The molecule has 18 heavy (non-hydrogen) atoms. The van der Waals surface area contributed by atoms with Crippen molar-refractivity contribution in [3.8, 4) is 6.07 Å². The van der Waals surface area contributed by atoms with Crippen molar-refractivity contribution in [2.24, 2.45) is 5.41 Å². The van der Waals surface area contributed by atoms with E-state index in [4.69, 9.17) is 5.26 Å². The molecule has 1 saturated carbocycles. The van der Waals surface area contributed by atoms with Crippen molar-refractivity contribution in [2.45, 2.75) is 45.6 Å². The second-order valence-corrected chi connectivity index (χ2v) is 5.64. The molecule has 1 aromatic rings. The highest BCUT2D eigenvalue weighted by atomic mass is 14.9. The number of hydrogen-bond donors (Lipinski definition) is 1. The summed E-state index contributed by atoms with van der Waals surface area (Å²) >= 11 is 0. The molecular weight excluding hydrogens is 222 g/mol. The molecule has 0 radical (unpaired) electrons. The lowest BCUT2D eigenvalue weighted by atomic mass is 9.76. The second kappa shape index (κ2) is 5.97. The van der Waals surface area contributed by atoms with Crippen LogP contribution in [0.25, 0.3) is 0 Å². The van der Waals surface area contributed by atoms with Crippen molar-refractivity contribution in [1.29, 1.82) is 5.26 Å². The van der Waals surface area contributed by atoms with E-state index in [0.29, 0.717) is 11.1 Å². The van der Waals surface area contributed by atoms with E-state index in [1.807, 2.05) is 12.1 Å². The Bertz CT molecular complexity index is 428. The van der Waals surface area contributed by atoms with Gasteiger partial charge < -0.3 is 5.32 Å². The van der Waals surface area contributed by atoms with Crippen LogP contribution in [0.3, 0.4) is 0 Å². The quantitative estimate of drug-likeness (QED) is 0.884. The standard InChI is InChI=1S/C15H21N3/c1-15(6-3-2-4-7-15)12-17-11-13-5-8-18-14(9-13)10-16/h5,8-9,17H,2-4,6-7,11-12H2,1H3. The van der Waals surface area contributed by atoms with Crippen LogP contribution in [0.4, 0.5) is 0 Å². The fourth-order valence-corrected chi connectivity index (χ4v) is 2.74. The normalized spacial score (nSPS) is 18.2. The van der Waals surface area contributed by atoms with Gasteiger partial charge in [0.2, 0.25) is 0 Å². The SMILES string of the molecule is CC1(CNCc2ccnc(C#N)c2)CCCCC1. The van der Waals surface area contributed by atoms with Gasteiger partial charge in [0, 0.05) is 19.3 Å². The number of pyridine rings is 1. The van der Waals surface area contributed by atoms with E-state index in [2.05, 4.69) is 23.3 Å². The van der Waals surface area contributed by atoms with Gasteiger partial charge in [-0.25, -0.2) is 4.98 Å². The van der Waals surface area contributed by atoms with Gasteiger partial charge in [0.15, 0.2) is 0 Å². The summed E-state index contributed by atoms with van der Waals surface area (Å²) in [4.78, 5) is 3.98. The lowest BCUT2D eigenvalue weighted by molar-refractivity contribution is 0.207. The summed E-state index contributed by atoms with van der Waals surface area (Å²) in [6, 6.07) is 5.90. The van der Waals surface area contributed by atoms with Crippen molar-refractivity contribution >= 4 is 0 Å². The number of nitriles is 1. The minimum absolute atomic E-state index is 0.462. The Morgan fingerprint density at radius 2 is 2.17 bits per heavy atom. The van der Waals surface area contributed by atoms with Crippen molar-refractivity contribution in [2.75, 3.05) is 6.54 Å². The molecule has 1 aliphatic carbocycles. The van der Waals surface area contributed by atoms with Gasteiger partial charge in [-0.3, -0.25) is 0 Å². The summed E-state index contributed by atoms with van der Waals surface area (Å²) in [5.74, 6) is 0. The maximum absolute atomic E-state index is 8.80. The third-order valence-corrected chi connectivity index (χ3v) is 3.88. The van der Waals surface area contributed by atoms with Crippen molar-refractivity contribution < 1.29 is 0 Å². The van der Waals surface area contributed by atoms with Crippen molar-refractivity contribution in [1.82, 2.24) is 10.3 Å². The monoisotopic (exact) mass is 243 g/mol. The highest BCUT2D eigenvalue weighted by molar-refractivity contribution is 5.25. The van der Waals surface area contributed by atoms with Gasteiger partial charge in [0.25, 0.3) is 0 Å². The van der Waals surface area contributed by atoms with Gasteiger partial charge in [-0.15, -0.1) is 0 Å². The number of nitrogens with one attached hydrogen (secondary N) is 1. The maximum Gasteiger partial charge on any atom is 0.140 e. The van der Waals surface area contributed by atoms with Crippen LogP contribution in [0.15, 0.2) is 18.3 Å². The Hall–Kier alpha value is -1.40. The summed E-state index contributed by atoms with van der Waals surface area (Å²) in [5.41, 5.74) is 2.10. The van der Waals surface area contributed by atoms with Crippen molar-refractivity contribution in [3.63, 3.8) is 0 Å². The molecule has 3 heteroatoms. The molecule has 1 heterocycles. The topological polar surface area (TPSA) is 48.7 Å². The number of aromatic nitrogens is 1. The van der Waals surface area contributed by atoms with Crippen LogP contribution in [0.5, 0.6) is 0 Å². The zero-order valence-electron chi connectivity index (χ0n) is 11.1. The summed E-state index contributed by atoms with van der Waals surface area (Å²) in [7, 11) is 0. The smallest absolute Gasteiger partial charge is 0.140 e. The third kappa shape index (κ3) is 3.54. The second-order valence-electron chi connectivity index (χ2n) is 5.64. The zero-order chi connectivity index (χ0) is 12.8. The Morgan fingerprint density at radius 1 is 1.39 bits per heavy atom. The number of nitrogens with zero attached hydrogens (tertiary/aromatic N) is 2. The summed E-state index contributed by atoms with van der Waals surface area (Å²) in [6.45, 7) is 4.27. The van der Waals surface area contributed by atoms with Gasteiger partial charge in [-0.1, -0.05) is 26.2 Å². The summed E-state index contributed by atoms with van der Waals surface area (Å²) < 4.78 is 0. The highest BCUT2D eigenvalue weighted by Gasteiger charge is 2.25. The van der Waals surface area contributed by atoms with Crippen LogP contribution >= 0.6 is 0 Å². The first kappa shape index (κ1) is 13.0. The Labute approximate surface area is 109 Å². The summed E-state index contributed by atoms with van der Waals surface area (Å²) in [5, 5.41) is 12.3. The molecule has 0 saturated heterocycles. The molecule has 0 bridgehead atoms. The van der Waals surface area contributed by atoms with E-state index in [1.165, 1.54) is 32.1 Å². The molecule has 1 aliphatic rings. The number of rotatable bonds is 4. The van der Waals surface area contributed by atoms with Crippen LogP contribution < -0.4 is 5.32 Å². The summed E-state index contributed by atoms with van der Waals surface area (Å²) in [6.07, 6.45) is 8.50. The minimum atomic E-state index is 0.462. The predicted octanol–water partition coefficient (Wildman–Crippen LogP) is 3.01. The first-order valence-electron chi connectivity index (χ1n) is 6.78. The fraction of sp³-hybridized carbons (Fsp3) is 0.600. The van der Waals surface area contributed by atoms with Crippen LogP contribution in [0.2, 0.25) is 0 Å². The lowest BCUT2D eigenvalue weighted by Crippen LogP contribution is -2.33. The molecule has 1 N–H and O–H groups in total. The molecule has 3 nitrogen and oxygen atoms in total. The van der Waals surface area contributed by atoms with Crippen LogP contribution in [0, 0.1) is 16.7 Å². The third-order valence-electron chi connectivity index (χ3n) is 3.88. The maximum atomic E-state index is 8.80. The number of hydrogen-bond acceptors (Lipinski definition) is 3. The van der Waals surface area contributed by atoms with E-state index in [1.54, 1.807) is 6.20 Å². The Balaban J connectivity index is 1.82. The van der Waals surface area contributed by atoms with Crippen LogP contribution in [-0.2, 0) is 6.54 Å². The predicted molar refractivity (Wildman–Crippen MR) is 71.9 cm³/mol. The van der Waals surface area contributed by atoms with Crippen molar-refractivity contribution in [3.05, 3.63) is 29.6 Å². The molecule has 96 valence electrons. The molecule has 1 fully saturated rings. The molecule has 0 aliphatic heterocycles. The fourth-order valence-electron chi connectivity index (χ4n) is 2.74. The minimum Gasteiger partial charge on any atom is -0.312 e. The molecular formula is C15H21N3. The first-order chi connectivity index (χ1) is 8.72. The molecule has 2 rings (SSSR count). The van der Waals surface area contributed by atoms with Crippen LogP contribution in [0.1, 0.15) is 50.3 Å². The molecule has 0 unspecified atom stereocenters. The van der Waals surface area contributed by atoms with Gasteiger partial charge in [0.1, 0.15) is 11.8 Å². The van der Waals surface area contributed by atoms with E-state index in [0.717, 1.165) is 18.7 Å². The lowest BCUT2D eigenvalue weighted by Gasteiger charge is -2.33. The van der Waals surface area contributed by atoms with E-state index in [-0.39, 0.29) is 0 Å². The first-order valence-corrected chi connectivity index (χ1v) is 6.78. The van der Waals surface area contributed by atoms with Gasteiger partial charge in [-0.05, 0) is 36.0 Å². The zero-order valence-corrected chi connectivity index (χ0v) is 11.1.